The molecule has 1 fully saturated rings. The highest BCUT2D eigenvalue weighted by Gasteiger charge is 2.35. The van der Waals surface area contributed by atoms with Crippen LogP contribution in [0.3, 0.4) is 0 Å². The molecule has 10 heteroatoms. The SMILES string of the molecule is O=C(Nc1ccc(NC(=O)C2CCCO2)cc1C(F)(F)F)c1sc2ccccc2c1Cl. The maximum atomic E-state index is 13.7. The number of rotatable bonds is 4. The van der Waals surface area contributed by atoms with Crippen molar-refractivity contribution in [3.63, 3.8) is 0 Å². The molecule has 31 heavy (non-hydrogen) atoms. The summed E-state index contributed by atoms with van der Waals surface area (Å²) in [6.07, 6.45) is -4.19. The minimum Gasteiger partial charge on any atom is -0.368 e. The topological polar surface area (TPSA) is 67.4 Å². The van der Waals surface area contributed by atoms with Gasteiger partial charge in [-0.2, -0.15) is 13.2 Å². The van der Waals surface area contributed by atoms with Crippen molar-refractivity contribution in [3.05, 3.63) is 57.9 Å². The number of benzene rings is 2. The van der Waals surface area contributed by atoms with Gasteiger partial charge >= 0.3 is 6.18 Å². The lowest BCUT2D eigenvalue weighted by Gasteiger charge is -2.16. The van der Waals surface area contributed by atoms with Crippen LogP contribution in [0.4, 0.5) is 24.5 Å². The number of ether oxygens (including phenoxy) is 1. The molecule has 1 aromatic heterocycles. The van der Waals surface area contributed by atoms with Crippen molar-refractivity contribution in [1.29, 1.82) is 0 Å². The molecule has 3 aromatic rings. The fourth-order valence-electron chi connectivity index (χ4n) is 3.31. The van der Waals surface area contributed by atoms with Gasteiger partial charge < -0.3 is 15.4 Å². The van der Waals surface area contributed by atoms with Crippen LogP contribution < -0.4 is 10.6 Å². The lowest BCUT2D eigenvalue weighted by molar-refractivity contribution is -0.137. The Hall–Kier alpha value is -2.62. The van der Waals surface area contributed by atoms with Crippen molar-refractivity contribution in [1.82, 2.24) is 0 Å². The minimum atomic E-state index is -4.75. The number of fused-ring (bicyclic) bond motifs is 1. The maximum absolute atomic E-state index is 13.7. The first-order chi connectivity index (χ1) is 14.7. The van der Waals surface area contributed by atoms with Gasteiger partial charge in [0.2, 0.25) is 0 Å². The molecule has 2 N–H and O–H groups in total. The highest BCUT2D eigenvalue weighted by molar-refractivity contribution is 7.21. The number of hydrogen-bond acceptors (Lipinski definition) is 4. The molecule has 1 atom stereocenters. The van der Waals surface area contributed by atoms with Gasteiger partial charge in [0.05, 0.1) is 16.3 Å². The molecule has 0 spiro atoms. The second-order valence-corrected chi connectivity index (χ2v) is 8.37. The number of carbonyl (C=O) groups excluding carboxylic acids is 2. The van der Waals surface area contributed by atoms with E-state index < -0.39 is 35.3 Å². The van der Waals surface area contributed by atoms with Crippen molar-refractivity contribution < 1.29 is 27.5 Å². The Morgan fingerprint density at radius 1 is 1.13 bits per heavy atom. The van der Waals surface area contributed by atoms with Gasteiger partial charge in [-0.25, -0.2) is 0 Å². The number of hydrogen-bond donors (Lipinski definition) is 2. The zero-order valence-electron chi connectivity index (χ0n) is 15.9. The molecule has 1 aliphatic heterocycles. The largest absolute Gasteiger partial charge is 0.418 e. The molecule has 0 radical (unpaired) electrons. The summed E-state index contributed by atoms with van der Waals surface area (Å²) in [4.78, 5) is 24.9. The van der Waals surface area contributed by atoms with Crippen molar-refractivity contribution >= 4 is 56.2 Å². The Morgan fingerprint density at radius 2 is 1.90 bits per heavy atom. The molecule has 2 heterocycles. The number of halogens is 4. The zero-order chi connectivity index (χ0) is 22.2. The van der Waals surface area contributed by atoms with Crippen LogP contribution in [-0.4, -0.2) is 24.5 Å². The van der Waals surface area contributed by atoms with Gasteiger partial charge in [0.1, 0.15) is 11.0 Å². The fraction of sp³-hybridized carbons (Fsp3) is 0.238. The first kappa shape index (κ1) is 21.6. The van der Waals surface area contributed by atoms with E-state index in [9.17, 15) is 22.8 Å². The van der Waals surface area contributed by atoms with Crippen LogP contribution in [0.2, 0.25) is 5.02 Å². The Morgan fingerprint density at radius 3 is 2.58 bits per heavy atom. The number of thiophene rings is 1. The van der Waals surface area contributed by atoms with Gasteiger partial charge in [-0.1, -0.05) is 29.8 Å². The van der Waals surface area contributed by atoms with Crippen LogP contribution in [0, 0.1) is 0 Å². The smallest absolute Gasteiger partial charge is 0.368 e. The van der Waals surface area contributed by atoms with Gasteiger partial charge in [0, 0.05) is 22.4 Å². The van der Waals surface area contributed by atoms with E-state index in [4.69, 9.17) is 16.3 Å². The van der Waals surface area contributed by atoms with Crippen molar-refractivity contribution in [2.24, 2.45) is 0 Å². The summed E-state index contributed by atoms with van der Waals surface area (Å²) in [5, 5.41) is 5.58. The first-order valence-electron chi connectivity index (χ1n) is 9.36. The molecule has 5 nitrogen and oxygen atoms in total. The summed E-state index contributed by atoms with van der Waals surface area (Å²) in [7, 11) is 0. The normalized spacial score (nSPS) is 16.5. The van der Waals surface area contributed by atoms with E-state index in [0.29, 0.717) is 18.4 Å². The first-order valence-corrected chi connectivity index (χ1v) is 10.6. The third kappa shape index (κ3) is 4.53. The second-order valence-electron chi connectivity index (χ2n) is 6.94. The standard InChI is InChI=1S/C21H16ClF3N2O3S/c22-17-12-4-1-2-6-16(12)31-18(17)20(29)27-14-8-7-11(10-13(14)21(23,24)25)26-19(28)15-5-3-9-30-15/h1-2,4,6-8,10,15H,3,5,9H2,(H,26,28)(H,27,29). The summed E-state index contributed by atoms with van der Waals surface area (Å²) in [5.41, 5.74) is -1.55. The molecule has 0 bridgehead atoms. The summed E-state index contributed by atoms with van der Waals surface area (Å²) >= 11 is 7.35. The number of alkyl halides is 3. The van der Waals surface area contributed by atoms with Gasteiger partial charge in [0.15, 0.2) is 0 Å². The fourth-order valence-corrected chi connectivity index (χ4v) is 4.72. The van der Waals surface area contributed by atoms with Crippen LogP contribution in [0.15, 0.2) is 42.5 Å². The summed E-state index contributed by atoms with van der Waals surface area (Å²) in [5.74, 6) is -1.24. The Labute approximate surface area is 184 Å². The van der Waals surface area contributed by atoms with Gasteiger partial charge in [-0.05, 0) is 37.1 Å². The van der Waals surface area contributed by atoms with E-state index in [1.807, 2.05) is 0 Å². The minimum absolute atomic E-state index is 0.0364. The van der Waals surface area contributed by atoms with Gasteiger partial charge in [0.25, 0.3) is 11.8 Å². The molecule has 2 aromatic carbocycles. The van der Waals surface area contributed by atoms with Crippen LogP contribution >= 0.6 is 22.9 Å². The summed E-state index contributed by atoms with van der Waals surface area (Å²) in [6, 6.07) is 10.2. The second kappa shape index (κ2) is 8.49. The molecular formula is C21H16ClF3N2O3S. The Balaban J connectivity index is 1.60. The number of amides is 2. The van der Waals surface area contributed by atoms with Crippen LogP contribution in [-0.2, 0) is 15.7 Å². The van der Waals surface area contributed by atoms with Crippen LogP contribution in [0.25, 0.3) is 10.1 Å². The number of anilines is 2. The van der Waals surface area contributed by atoms with Crippen LogP contribution in [0.1, 0.15) is 28.1 Å². The molecule has 0 aliphatic carbocycles. The van der Waals surface area contributed by atoms with Crippen molar-refractivity contribution in [2.45, 2.75) is 25.1 Å². The quantitative estimate of drug-likeness (QED) is 0.497. The molecule has 1 unspecified atom stereocenters. The van der Waals surface area contributed by atoms with E-state index in [0.717, 1.165) is 34.6 Å². The third-order valence-corrected chi connectivity index (χ3v) is 6.48. The number of carbonyl (C=O) groups is 2. The zero-order valence-corrected chi connectivity index (χ0v) is 17.5. The summed E-state index contributed by atoms with van der Waals surface area (Å²) in [6.45, 7) is 0.442. The lowest BCUT2D eigenvalue weighted by Crippen LogP contribution is -2.27. The van der Waals surface area contributed by atoms with Crippen LogP contribution in [0.5, 0.6) is 0 Å². The Kier molecular flexibility index (Phi) is 5.92. The summed E-state index contributed by atoms with van der Waals surface area (Å²) < 4.78 is 47.0. The molecule has 2 amide bonds. The van der Waals surface area contributed by atoms with E-state index in [1.54, 1.807) is 24.3 Å². The molecule has 162 valence electrons. The molecule has 1 saturated heterocycles. The predicted molar refractivity (Wildman–Crippen MR) is 114 cm³/mol. The molecule has 1 aliphatic rings. The van der Waals surface area contributed by atoms with E-state index in [-0.39, 0.29) is 15.6 Å². The molecular weight excluding hydrogens is 453 g/mol. The maximum Gasteiger partial charge on any atom is 0.418 e. The number of nitrogens with one attached hydrogen (secondary N) is 2. The van der Waals surface area contributed by atoms with Crippen molar-refractivity contribution in [3.8, 4) is 0 Å². The van der Waals surface area contributed by atoms with Gasteiger partial charge in [-0.15, -0.1) is 11.3 Å². The predicted octanol–water partition coefficient (Wildman–Crippen LogP) is 5.94. The van der Waals surface area contributed by atoms with E-state index in [1.165, 1.54) is 6.07 Å². The highest BCUT2D eigenvalue weighted by Crippen LogP contribution is 2.39. The monoisotopic (exact) mass is 468 g/mol. The highest BCUT2D eigenvalue weighted by atomic mass is 35.5. The lowest BCUT2D eigenvalue weighted by atomic mass is 10.1. The third-order valence-electron chi connectivity index (χ3n) is 4.80. The molecule has 4 rings (SSSR count). The van der Waals surface area contributed by atoms with Crippen molar-refractivity contribution in [2.75, 3.05) is 17.2 Å². The average Bonchev–Trinajstić information content (AvgIpc) is 3.37. The molecule has 0 saturated carbocycles. The van der Waals surface area contributed by atoms with E-state index >= 15 is 0 Å². The van der Waals surface area contributed by atoms with Gasteiger partial charge in [-0.3, -0.25) is 9.59 Å². The Bertz CT molecular complexity index is 1160. The average molecular weight is 469 g/mol. The van der Waals surface area contributed by atoms with E-state index in [2.05, 4.69) is 10.6 Å².